The van der Waals surface area contributed by atoms with Gasteiger partial charge in [-0.2, -0.15) is 0 Å². The van der Waals surface area contributed by atoms with Gasteiger partial charge in [-0.1, -0.05) is 6.07 Å². The Balaban J connectivity index is 1.69. The molecule has 150 valence electrons. The van der Waals surface area contributed by atoms with Crippen molar-refractivity contribution in [2.45, 2.75) is 51.4 Å². The van der Waals surface area contributed by atoms with Crippen LogP contribution in [0.1, 0.15) is 44.1 Å². The van der Waals surface area contributed by atoms with Gasteiger partial charge in [-0.05, 0) is 45.7 Å². The van der Waals surface area contributed by atoms with Crippen molar-refractivity contribution in [2.24, 2.45) is 0 Å². The van der Waals surface area contributed by atoms with Gasteiger partial charge in [-0.3, -0.25) is 19.6 Å². The highest BCUT2D eigenvalue weighted by Gasteiger charge is 2.48. The van der Waals surface area contributed by atoms with Gasteiger partial charge >= 0.3 is 0 Å². The predicted molar refractivity (Wildman–Crippen MR) is 105 cm³/mol. The fourth-order valence-corrected chi connectivity index (χ4v) is 4.26. The highest BCUT2D eigenvalue weighted by atomic mass is 16.5. The molecule has 2 fully saturated rings. The van der Waals surface area contributed by atoms with Crippen molar-refractivity contribution in [1.82, 2.24) is 14.8 Å². The first kappa shape index (κ1) is 20.4. The maximum Gasteiger partial charge on any atom is 0.201 e. The maximum atomic E-state index is 13.5. The van der Waals surface area contributed by atoms with Crippen LogP contribution in [-0.4, -0.2) is 84.3 Å². The zero-order chi connectivity index (χ0) is 19.3. The van der Waals surface area contributed by atoms with Crippen LogP contribution in [0, 0.1) is 0 Å². The van der Waals surface area contributed by atoms with Gasteiger partial charge < -0.3 is 9.47 Å². The van der Waals surface area contributed by atoms with Gasteiger partial charge in [0.2, 0.25) is 5.78 Å². The summed E-state index contributed by atoms with van der Waals surface area (Å²) in [7, 11) is 0. The van der Waals surface area contributed by atoms with E-state index in [0.29, 0.717) is 12.3 Å². The van der Waals surface area contributed by atoms with Crippen LogP contribution in [-0.2, 0) is 9.47 Å². The normalized spacial score (nSPS) is 27.8. The van der Waals surface area contributed by atoms with Gasteiger partial charge in [0.25, 0.3) is 0 Å². The minimum atomic E-state index is -0.494. The number of aromatic nitrogens is 1. The maximum absolute atomic E-state index is 13.5. The van der Waals surface area contributed by atoms with Crippen LogP contribution in [0.15, 0.2) is 24.4 Å². The largest absolute Gasteiger partial charge is 0.378 e. The van der Waals surface area contributed by atoms with Gasteiger partial charge in [0.1, 0.15) is 5.69 Å². The average Bonchev–Trinajstić information content (AvgIpc) is 2.68. The first-order chi connectivity index (χ1) is 13.0. The predicted octanol–water partition coefficient (Wildman–Crippen LogP) is 2.24. The van der Waals surface area contributed by atoms with Crippen LogP contribution in [0.5, 0.6) is 0 Å². The fraction of sp³-hybridized carbons (Fsp3) is 0.714. The van der Waals surface area contributed by atoms with Crippen molar-refractivity contribution in [3.8, 4) is 0 Å². The Kier molecular flexibility index (Phi) is 6.98. The summed E-state index contributed by atoms with van der Waals surface area (Å²) in [6, 6.07) is 5.58. The van der Waals surface area contributed by atoms with Crippen LogP contribution < -0.4 is 0 Å². The van der Waals surface area contributed by atoms with Crippen molar-refractivity contribution in [1.29, 1.82) is 0 Å². The summed E-state index contributed by atoms with van der Waals surface area (Å²) in [6.07, 6.45) is 3.54. The molecular formula is C21H33N3O3. The van der Waals surface area contributed by atoms with Crippen molar-refractivity contribution in [3.05, 3.63) is 30.1 Å². The average molecular weight is 376 g/mol. The first-order valence-electron chi connectivity index (χ1n) is 10.2. The first-order valence-corrected chi connectivity index (χ1v) is 10.2. The number of rotatable bonds is 7. The molecule has 2 saturated heterocycles. The van der Waals surface area contributed by atoms with Gasteiger partial charge in [0.05, 0.1) is 24.4 Å². The number of carbonyl (C=O) groups is 1. The number of ketones is 1. The lowest BCUT2D eigenvalue weighted by Gasteiger charge is -2.49. The summed E-state index contributed by atoms with van der Waals surface area (Å²) in [4.78, 5) is 22.7. The Hall–Kier alpha value is -1.34. The molecule has 2 atom stereocenters. The summed E-state index contributed by atoms with van der Waals surface area (Å²) >= 11 is 0. The number of carbonyl (C=O) groups excluding carboxylic acids is 1. The molecule has 0 aliphatic carbocycles. The molecule has 2 aliphatic heterocycles. The van der Waals surface area contributed by atoms with Gasteiger partial charge in [-0.15, -0.1) is 0 Å². The molecule has 27 heavy (non-hydrogen) atoms. The van der Waals surface area contributed by atoms with Crippen LogP contribution in [0.4, 0.5) is 0 Å². The van der Waals surface area contributed by atoms with Crippen molar-refractivity contribution >= 4 is 5.78 Å². The van der Waals surface area contributed by atoms with E-state index in [-0.39, 0.29) is 18.0 Å². The van der Waals surface area contributed by atoms with E-state index in [9.17, 15) is 4.79 Å². The highest BCUT2D eigenvalue weighted by Crippen LogP contribution is 2.34. The Labute approximate surface area is 162 Å². The molecule has 0 amide bonds. The van der Waals surface area contributed by atoms with E-state index in [2.05, 4.69) is 35.6 Å². The second kappa shape index (κ2) is 9.24. The van der Waals surface area contributed by atoms with Gasteiger partial charge in [0.15, 0.2) is 0 Å². The van der Waals surface area contributed by atoms with Crippen LogP contribution >= 0.6 is 0 Å². The molecule has 0 radical (unpaired) electrons. The molecular weight excluding hydrogens is 342 g/mol. The van der Waals surface area contributed by atoms with E-state index in [4.69, 9.17) is 9.47 Å². The molecule has 0 bridgehead atoms. The lowest BCUT2D eigenvalue weighted by atomic mass is 9.79. The van der Waals surface area contributed by atoms with Crippen molar-refractivity contribution < 1.29 is 14.3 Å². The molecule has 0 aromatic carbocycles. The second-order valence-electron chi connectivity index (χ2n) is 7.96. The standard InChI is InChI=1S/C21H33N3O3/c1-17(2)26-15-13-23-9-11-24(12-10-23)21(7-14-27-18(3)16-21)20(25)19-6-4-5-8-22-19/h4-6,8,17-18H,7,9-16H2,1-3H3/t18-,21+/m0/s1. The zero-order valence-electron chi connectivity index (χ0n) is 16.9. The minimum Gasteiger partial charge on any atom is -0.378 e. The molecule has 6 heteroatoms. The van der Waals surface area contributed by atoms with Crippen LogP contribution in [0.3, 0.4) is 0 Å². The molecule has 2 aliphatic rings. The van der Waals surface area contributed by atoms with E-state index in [1.807, 2.05) is 18.2 Å². The van der Waals surface area contributed by atoms with E-state index >= 15 is 0 Å². The number of Topliss-reactive ketones (excluding diaryl/α,β-unsaturated/α-hetero) is 1. The second-order valence-corrected chi connectivity index (χ2v) is 7.96. The molecule has 1 aromatic heterocycles. The van der Waals surface area contributed by atoms with E-state index in [1.165, 1.54) is 0 Å². The van der Waals surface area contributed by atoms with Crippen LogP contribution in [0.2, 0.25) is 0 Å². The lowest BCUT2D eigenvalue weighted by Crippen LogP contribution is -2.63. The summed E-state index contributed by atoms with van der Waals surface area (Å²) in [5.74, 6) is 0.148. The number of pyridine rings is 1. The van der Waals surface area contributed by atoms with Gasteiger partial charge in [-0.25, -0.2) is 0 Å². The van der Waals surface area contributed by atoms with Crippen molar-refractivity contribution in [2.75, 3.05) is 45.9 Å². The smallest absolute Gasteiger partial charge is 0.201 e. The Morgan fingerprint density at radius 3 is 2.74 bits per heavy atom. The number of hydrogen-bond acceptors (Lipinski definition) is 6. The molecule has 6 nitrogen and oxygen atoms in total. The number of nitrogens with zero attached hydrogens (tertiary/aromatic N) is 3. The summed E-state index contributed by atoms with van der Waals surface area (Å²) in [6.45, 7) is 12.3. The summed E-state index contributed by atoms with van der Waals surface area (Å²) in [5.41, 5.74) is 0.0753. The molecule has 0 unspecified atom stereocenters. The SMILES string of the molecule is CC(C)OCCN1CCN([C@]2(C(=O)c3ccccn3)CCO[C@@H](C)C2)CC1. The fourth-order valence-electron chi connectivity index (χ4n) is 4.26. The highest BCUT2D eigenvalue weighted by molar-refractivity contribution is 6.01. The zero-order valence-corrected chi connectivity index (χ0v) is 16.9. The third-order valence-electron chi connectivity index (χ3n) is 5.70. The third kappa shape index (κ3) is 4.93. The quantitative estimate of drug-likeness (QED) is 0.682. The molecule has 1 aromatic rings. The minimum absolute atomic E-state index is 0.0869. The van der Waals surface area contributed by atoms with Gasteiger partial charge in [0, 0.05) is 45.5 Å². The Bertz CT molecular complexity index is 602. The van der Waals surface area contributed by atoms with E-state index < -0.39 is 5.54 Å². The number of hydrogen-bond donors (Lipinski definition) is 0. The number of ether oxygens (including phenoxy) is 2. The topological polar surface area (TPSA) is 54.9 Å². The monoisotopic (exact) mass is 375 g/mol. The Morgan fingerprint density at radius 2 is 2.11 bits per heavy atom. The molecule has 0 N–H and O–H groups in total. The lowest BCUT2D eigenvalue weighted by molar-refractivity contribution is -0.0658. The molecule has 0 saturated carbocycles. The molecule has 3 rings (SSSR count). The van der Waals surface area contributed by atoms with Crippen molar-refractivity contribution in [3.63, 3.8) is 0 Å². The third-order valence-corrected chi connectivity index (χ3v) is 5.70. The van der Waals surface area contributed by atoms with Crippen LogP contribution in [0.25, 0.3) is 0 Å². The number of piperazine rings is 1. The molecule has 3 heterocycles. The Morgan fingerprint density at radius 1 is 1.33 bits per heavy atom. The van der Waals surface area contributed by atoms with E-state index in [1.54, 1.807) is 6.20 Å². The summed E-state index contributed by atoms with van der Waals surface area (Å²) in [5, 5.41) is 0. The summed E-state index contributed by atoms with van der Waals surface area (Å²) < 4.78 is 11.5. The molecule has 0 spiro atoms. The van der Waals surface area contributed by atoms with E-state index in [0.717, 1.165) is 52.2 Å².